The Balaban J connectivity index is 4.64. The summed E-state index contributed by atoms with van der Waals surface area (Å²) in [7, 11) is -1.61. The van der Waals surface area contributed by atoms with Gasteiger partial charge in [0.25, 0.3) is 0 Å². The van der Waals surface area contributed by atoms with Crippen LogP contribution in [0.4, 0.5) is 0 Å². The van der Waals surface area contributed by atoms with E-state index >= 15 is 0 Å². The van der Waals surface area contributed by atoms with Crippen LogP contribution in [0.25, 0.3) is 0 Å². The molecule has 0 radical (unpaired) electrons. The van der Waals surface area contributed by atoms with Crippen LogP contribution in [-0.2, 0) is 0 Å². The molecule has 0 saturated carbocycles. The molecule has 15 heavy (non-hydrogen) atoms. The summed E-state index contributed by atoms with van der Waals surface area (Å²) < 4.78 is 0. The van der Waals surface area contributed by atoms with Gasteiger partial charge >= 0.3 is 0 Å². The number of hydrogen-bond donors (Lipinski definition) is 1. The summed E-state index contributed by atoms with van der Waals surface area (Å²) in [5, 5.41) is 10.0. The van der Waals surface area contributed by atoms with Crippen molar-refractivity contribution < 1.29 is 5.11 Å². The van der Waals surface area contributed by atoms with Crippen molar-refractivity contribution in [2.45, 2.75) is 57.5 Å². The average molecular weight is 222 g/mol. The fourth-order valence-corrected chi connectivity index (χ4v) is 2.98. The Labute approximate surface area is 95.3 Å². The summed E-state index contributed by atoms with van der Waals surface area (Å²) in [6.07, 6.45) is 8.60. The second kappa shape index (κ2) is 6.01. The third-order valence-electron chi connectivity index (χ3n) is 2.88. The maximum atomic E-state index is 10.6. The van der Waals surface area contributed by atoms with Gasteiger partial charge < -0.3 is 5.11 Å². The van der Waals surface area contributed by atoms with Gasteiger partial charge in [-0.2, -0.15) is 0 Å². The molecule has 1 unspecified atom stereocenters. The standard InChI is InChI=1S/C13H22OSi/c1-6-8-10-12-13(14,11-9-7-2)15(3,4)5/h1,14H,7,9,11-12H2,2-5H3. The molecule has 0 rings (SSSR count). The van der Waals surface area contributed by atoms with Crippen LogP contribution in [0.15, 0.2) is 0 Å². The lowest BCUT2D eigenvalue weighted by Crippen LogP contribution is -2.52. The predicted octanol–water partition coefficient (Wildman–Crippen LogP) is 2.81. The van der Waals surface area contributed by atoms with Gasteiger partial charge in [0, 0.05) is 6.42 Å². The van der Waals surface area contributed by atoms with Crippen molar-refractivity contribution in [1.82, 2.24) is 0 Å². The molecular weight excluding hydrogens is 200 g/mol. The van der Waals surface area contributed by atoms with Gasteiger partial charge in [-0.25, -0.2) is 0 Å². The summed E-state index contributed by atoms with van der Waals surface area (Å²) in [6, 6.07) is 0. The van der Waals surface area contributed by atoms with Gasteiger partial charge in [-0.15, -0.1) is 6.42 Å². The minimum Gasteiger partial charge on any atom is -0.392 e. The predicted molar refractivity (Wildman–Crippen MR) is 69.0 cm³/mol. The number of hydrogen-bond acceptors (Lipinski definition) is 1. The number of unbranched alkanes of at least 4 members (excludes halogenated alkanes) is 1. The van der Waals surface area contributed by atoms with E-state index in [1.165, 1.54) is 0 Å². The highest BCUT2D eigenvalue weighted by Crippen LogP contribution is 2.29. The van der Waals surface area contributed by atoms with E-state index in [9.17, 15) is 5.11 Å². The summed E-state index contributed by atoms with van der Waals surface area (Å²) in [4.78, 5) is 0. The van der Waals surface area contributed by atoms with Crippen molar-refractivity contribution >= 4 is 8.07 Å². The monoisotopic (exact) mass is 222 g/mol. The Bertz CT molecular complexity index is 284. The second-order valence-corrected chi connectivity index (χ2v) is 10.4. The normalized spacial score (nSPS) is 14.7. The first-order chi connectivity index (χ1) is 6.87. The van der Waals surface area contributed by atoms with E-state index < -0.39 is 13.3 Å². The molecule has 0 aliphatic heterocycles. The van der Waals surface area contributed by atoms with Crippen molar-refractivity contribution in [3.8, 4) is 24.2 Å². The lowest BCUT2D eigenvalue weighted by molar-refractivity contribution is 0.108. The fourth-order valence-electron chi connectivity index (χ4n) is 1.44. The Kier molecular flexibility index (Phi) is 5.72. The average Bonchev–Trinajstić information content (AvgIpc) is 2.13. The van der Waals surface area contributed by atoms with Gasteiger partial charge in [-0.1, -0.05) is 45.3 Å². The summed E-state index contributed by atoms with van der Waals surface area (Å²) in [6.45, 7) is 8.68. The molecule has 0 spiro atoms. The van der Waals surface area contributed by atoms with Crippen LogP contribution in [0, 0.1) is 24.2 Å². The Morgan fingerprint density at radius 3 is 2.33 bits per heavy atom. The zero-order valence-corrected chi connectivity index (χ0v) is 11.4. The molecule has 1 atom stereocenters. The van der Waals surface area contributed by atoms with Crippen LogP contribution in [0.1, 0.15) is 32.6 Å². The van der Waals surface area contributed by atoms with Crippen LogP contribution in [0.2, 0.25) is 19.6 Å². The molecule has 84 valence electrons. The van der Waals surface area contributed by atoms with Crippen molar-refractivity contribution in [2.24, 2.45) is 0 Å². The zero-order chi connectivity index (χ0) is 11.9. The SMILES string of the molecule is C#CC#CCC(O)(CCCC)[Si](C)(C)C. The van der Waals surface area contributed by atoms with Crippen LogP contribution in [0.5, 0.6) is 0 Å². The van der Waals surface area contributed by atoms with E-state index in [1.807, 2.05) is 0 Å². The number of terminal acetylenes is 1. The van der Waals surface area contributed by atoms with E-state index in [0.717, 1.165) is 19.3 Å². The van der Waals surface area contributed by atoms with Gasteiger partial charge in [0.2, 0.25) is 0 Å². The van der Waals surface area contributed by atoms with E-state index in [-0.39, 0.29) is 0 Å². The minimum atomic E-state index is -1.61. The third kappa shape index (κ3) is 4.56. The van der Waals surface area contributed by atoms with Crippen molar-refractivity contribution in [3.05, 3.63) is 0 Å². The van der Waals surface area contributed by atoms with E-state index in [4.69, 9.17) is 6.42 Å². The Hall–Kier alpha value is -0.703. The highest BCUT2D eigenvalue weighted by molar-refractivity contribution is 6.78. The highest BCUT2D eigenvalue weighted by atomic mass is 28.3. The van der Waals surface area contributed by atoms with Gasteiger partial charge in [0.15, 0.2) is 0 Å². The molecule has 0 aromatic heterocycles. The molecule has 0 fully saturated rings. The molecule has 0 aromatic carbocycles. The molecule has 0 saturated heterocycles. The fraction of sp³-hybridized carbons (Fsp3) is 0.692. The Morgan fingerprint density at radius 2 is 1.93 bits per heavy atom. The van der Waals surface area contributed by atoms with Crippen molar-refractivity contribution in [1.29, 1.82) is 0 Å². The van der Waals surface area contributed by atoms with Gasteiger partial charge in [0.1, 0.15) is 0 Å². The third-order valence-corrected chi connectivity index (χ3v) is 6.10. The minimum absolute atomic E-state index is 0.521. The largest absolute Gasteiger partial charge is 0.392 e. The summed E-state index contributed by atoms with van der Waals surface area (Å²) in [5.41, 5.74) is 0. The number of aliphatic hydroxyl groups is 1. The summed E-state index contributed by atoms with van der Waals surface area (Å²) >= 11 is 0. The van der Waals surface area contributed by atoms with Crippen molar-refractivity contribution in [3.63, 3.8) is 0 Å². The molecular formula is C13H22OSi. The molecule has 1 N–H and O–H groups in total. The molecule has 0 bridgehead atoms. The van der Waals surface area contributed by atoms with Crippen LogP contribution in [-0.4, -0.2) is 18.4 Å². The van der Waals surface area contributed by atoms with Crippen LogP contribution >= 0.6 is 0 Å². The number of rotatable bonds is 5. The first kappa shape index (κ1) is 14.3. The molecule has 2 heteroatoms. The molecule has 0 aromatic rings. The summed E-state index contributed by atoms with van der Waals surface area (Å²) in [5.74, 6) is 7.77. The zero-order valence-electron chi connectivity index (χ0n) is 10.4. The van der Waals surface area contributed by atoms with E-state index in [0.29, 0.717) is 6.42 Å². The molecule has 1 nitrogen and oxygen atoms in total. The van der Waals surface area contributed by atoms with Gasteiger partial charge in [-0.05, 0) is 18.3 Å². The topological polar surface area (TPSA) is 20.2 Å². The highest BCUT2D eigenvalue weighted by Gasteiger charge is 2.40. The van der Waals surface area contributed by atoms with Gasteiger partial charge in [-0.3, -0.25) is 0 Å². The van der Waals surface area contributed by atoms with Crippen LogP contribution in [0.3, 0.4) is 0 Å². The lowest BCUT2D eigenvalue weighted by Gasteiger charge is -2.37. The lowest BCUT2D eigenvalue weighted by atomic mass is 10.1. The van der Waals surface area contributed by atoms with Crippen LogP contribution < -0.4 is 0 Å². The van der Waals surface area contributed by atoms with E-state index in [1.54, 1.807) is 0 Å². The smallest absolute Gasteiger partial charge is 0.0833 e. The Morgan fingerprint density at radius 1 is 1.33 bits per heavy atom. The van der Waals surface area contributed by atoms with Gasteiger partial charge in [0.05, 0.1) is 13.3 Å². The van der Waals surface area contributed by atoms with E-state index in [2.05, 4.69) is 44.3 Å². The maximum Gasteiger partial charge on any atom is 0.0833 e. The molecule has 0 amide bonds. The molecule has 0 heterocycles. The second-order valence-electron chi connectivity index (χ2n) is 5.01. The van der Waals surface area contributed by atoms with Crippen molar-refractivity contribution in [2.75, 3.05) is 0 Å². The maximum absolute atomic E-state index is 10.6. The molecule has 0 aliphatic rings. The first-order valence-corrected chi connectivity index (χ1v) is 9.03. The molecule has 0 aliphatic carbocycles. The first-order valence-electron chi connectivity index (χ1n) is 5.53. The quantitative estimate of drug-likeness (QED) is 0.560.